The van der Waals surface area contributed by atoms with Gasteiger partial charge in [-0.1, -0.05) is 6.92 Å². The van der Waals surface area contributed by atoms with Gasteiger partial charge in [-0.3, -0.25) is 0 Å². The van der Waals surface area contributed by atoms with Crippen LogP contribution in [0, 0.1) is 5.92 Å². The van der Waals surface area contributed by atoms with E-state index in [0.717, 1.165) is 18.7 Å². The topological polar surface area (TPSA) is 66.6 Å². The van der Waals surface area contributed by atoms with Crippen LogP contribution in [0.3, 0.4) is 0 Å². The molecule has 1 aliphatic heterocycles. The molecule has 0 bridgehead atoms. The van der Waals surface area contributed by atoms with Crippen LogP contribution in [0.5, 0.6) is 0 Å². The van der Waals surface area contributed by atoms with Gasteiger partial charge in [-0.25, -0.2) is 12.7 Å². The average molecular weight is 311 g/mol. The predicted octanol–water partition coefficient (Wildman–Crippen LogP) is 2.14. The van der Waals surface area contributed by atoms with Crippen molar-refractivity contribution in [1.82, 2.24) is 4.31 Å². The van der Waals surface area contributed by atoms with E-state index in [1.54, 1.807) is 18.2 Å². The maximum absolute atomic E-state index is 12.3. The van der Waals surface area contributed by atoms with Crippen molar-refractivity contribution in [3.63, 3.8) is 0 Å². The second-order valence-electron chi connectivity index (χ2n) is 6.19. The van der Waals surface area contributed by atoms with Crippen LogP contribution >= 0.6 is 0 Å². The summed E-state index contributed by atoms with van der Waals surface area (Å²) in [7, 11) is -0.357. The summed E-state index contributed by atoms with van der Waals surface area (Å²) >= 11 is 0. The van der Waals surface area contributed by atoms with Crippen LogP contribution in [-0.4, -0.2) is 39.4 Å². The van der Waals surface area contributed by atoms with Gasteiger partial charge in [-0.2, -0.15) is 0 Å². The third kappa shape index (κ3) is 3.16. The van der Waals surface area contributed by atoms with E-state index in [1.807, 2.05) is 0 Å². The first-order chi connectivity index (χ1) is 9.73. The van der Waals surface area contributed by atoms with Crippen LogP contribution < -0.4 is 10.6 Å². The van der Waals surface area contributed by atoms with E-state index in [9.17, 15) is 8.42 Å². The maximum Gasteiger partial charge on any atom is 0.242 e. The van der Waals surface area contributed by atoms with E-state index in [-0.39, 0.29) is 0 Å². The van der Waals surface area contributed by atoms with Crippen molar-refractivity contribution in [2.45, 2.75) is 37.6 Å². The number of anilines is 2. The Bertz CT molecular complexity index is 613. The van der Waals surface area contributed by atoms with Gasteiger partial charge in [0, 0.05) is 26.7 Å². The third-order valence-corrected chi connectivity index (χ3v) is 6.02. The Labute approximate surface area is 127 Å². The lowest BCUT2D eigenvalue weighted by atomic mass is 9.94. The number of piperidine rings is 1. The fraction of sp³-hybridized carbons (Fsp3) is 0.600. The second kappa shape index (κ2) is 5.85. The lowest BCUT2D eigenvalue weighted by Gasteiger charge is -2.39. The summed E-state index contributed by atoms with van der Waals surface area (Å²) in [5.74, 6) is 0.592. The van der Waals surface area contributed by atoms with Gasteiger partial charge in [0.2, 0.25) is 10.0 Å². The summed E-state index contributed by atoms with van der Waals surface area (Å²) in [5.41, 5.74) is 7.56. The molecule has 1 saturated heterocycles. The zero-order chi connectivity index (χ0) is 15.8. The smallest absolute Gasteiger partial charge is 0.242 e. The monoisotopic (exact) mass is 311 g/mol. The molecule has 0 saturated carbocycles. The number of sulfonamides is 1. The Morgan fingerprint density at radius 3 is 2.52 bits per heavy atom. The highest BCUT2D eigenvalue weighted by Gasteiger charge is 2.26. The average Bonchev–Trinajstić information content (AvgIpc) is 2.42. The number of nitrogens with two attached hydrogens (primary N) is 1. The van der Waals surface area contributed by atoms with Crippen molar-refractivity contribution in [2.24, 2.45) is 5.92 Å². The molecule has 1 aromatic rings. The van der Waals surface area contributed by atoms with E-state index in [1.165, 1.54) is 24.8 Å². The summed E-state index contributed by atoms with van der Waals surface area (Å²) in [4.78, 5) is 2.53. The number of rotatable bonds is 3. The number of hydrogen-bond donors (Lipinski definition) is 1. The molecule has 1 aromatic carbocycles. The van der Waals surface area contributed by atoms with Crippen molar-refractivity contribution in [3.05, 3.63) is 18.2 Å². The highest BCUT2D eigenvalue weighted by atomic mass is 32.2. The van der Waals surface area contributed by atoms with Crippen LogP contribution in [0.1, 0.15) is 26.7 Å². The highest BCUT2D eigenvalue weighted by molar-refractivity contribution is 7.89. The van der Waals surface area contributed by atoms with Crippen LogP contribution in [0.15, 0.2) is 23.1 Å². The predicted molar refractivity (Wildman–Crippen MR) is 86.9 cm³/mol. The number of nitrogen functional groups attached to an aromatic ring is 1. The van der Waals surface area contributed by atoms with Crippen molar-refractivity contribution in [2.75, 3.05) is 31.3 Å². The first kappa shape index (κ1) is 16.1. The molecule has 1 heterocycles. The van der Waals surface area contributed by atoms with Gasteiger partial charge in [0.05, 0.1) is 16.3 Å². The SMILES string of the molecule is CC1CCC(C)N(c2cc(S(=O)(=O)N(C)C)ccc2N)C1. The molecule has 2 N–H and O–H groups in total. The molecular formula is C15H25N3O2S. The lowest BCUT2D eigenvalue weighted by Crippen LogP contribution is -2.41. The van der Waals surface area contributed by atoms with Crippen molar-refractivity contribution in [3.8, 4) is 0 Å². The first-order valence-electron chi connectivity index (χ1n) is 7.32. The Hall–Kier alpha value is -1.27. The minimum Gasteiger partial charge on any atom is -0.397 e. The summed E-state index contributed by atoms with van der Waals surface area (Å²) in [6.45, 7) is 5.30. The van der Waals surface area contributed by atoms with Crippen LogP contribution in [-0.2, 0) is 10.0 Å². The first-order valence-corrected chi connectivity index (χ1v) is 8.76. The zero-order valence-corrected chi connectivity index (χ0v) is 14.0. The Balaban J connectivity index is 2.45. The normalized spacial score (nSPS) is 23.6. The third-order valence-electron chi connectivity index (χ3n) is 4.21. The number of hydrogen-bond acceptors (Lipinski definition) is 4. The molecule has 0 amide bonds. The Kier molecular flexibility index (Phi) is 4.49. The lowest BCUT2D eigenvalue weighted by molar-refractivity contribution is 0.390. The van der Waals surface area contributed by atoms with Gasteiger partial charge in [0.1, 0.15) is 0 Å². The van der Waals surface area contributed by atoms with Gasteiger partial charge in [0.15, 0.2) is 0 Å². The number of benzene rings is 1. The summed E-state index contributed by atoms with van der Waals surface area (Å²) in [6, 6.07) is 5.35. The second-order valence-corrected chi connectivity index (χ2v) is 8.34. The molecule has 2 rings (SSSR count). The van der Waals surface area contributed by atoms with Crippen molar-refractivity contribution in [1.29, 1.82) is 0 Å². The van der Waals surface area contributed by atoms with Crippen molar-refractivity contribution >= 4 is 21.4 Å². The molecule has 1 fully saturated rings. The summed E-state index contributed by atoms with van der Waals surface area (Å²) in [5, 5.41) is 0. The van der Waals surface area contributed by atoms with Crippen LogP contribution in [0.2, 0.25) is 0 Å². The fourth-order valence-corrected chi connectivity index (χ4v) is 3.69. The molecule has 0 spiro atoms. The molecule has 2 atom stereocenters. The van der Waals surface area contributed by atoms with Gasteiger partial charge in [0.25, 0.3) is 0 Å². The fourth-order valence-electron chi connectivity index (χ4n) is 2.77. The molecule has 0 aliphatic carbocycles. The van der Waals surface area contributed by atoms with E-state index in [2.05, 4.69) is 18.7 Å². The van der Waals surface area contributed by atoms with Crippen molar-refractivity contribution < 1.29 is 8.42 Å². The molecule has 0 radical (unpaired) electrons. The molecule has 5 nitrogen and oxygen atoms in total. The van der Waals surface area contributed by atoms with Crippen LogP contribution in [0.25, 0.3) is 0 Å². The maximum atomic E-state index is 12.3. The van der Waals surface area contributed by atoms with E-state index >= 15 is 0 Å². The zero-order valence-electron chi connectivity index (χ0n) is 13.2. The number of nitrogens with zero attached hydrogens (tertiary/aromatic N) is 2. The van der Waals surface area contributed by atoms with Gasteiger partial charge >= 0.3 is 0 Å². The van der Waals surface area contributed by atoms with Crippen LogP contribution in [0.4, 0.5) is 11.4 Å². The Morgan fingerprint density at radius 1 is 1.24 bits per heavy atom. The molecular weight excluding hydrogens is 286 g/mol. The van der Waals surface area contributed by atoms with Gasteiger partial charge in [-0.15, -0.1) is 0 Å². The quantitative estimate of drug-likeness (QED) is 0.869. The molecule has 1 aliphatic rings. The minimum atomic E-state index is -3.43. The standard InChI is InChI=1S/C15H25N3O2S/c1-11-5-6-12(2)18(10-11)15-9-13(7-8-14(15)16)21(19,20)17(3)4/h7-9,11-12H,5-6,10,16H2,1-4H3. The minimum absolute atomic E-state index is 0.294. The molecule has 6 heteroatoms. The summed E-state index contributed by atoms with van der Waals surface area (Å²) in [6.07, 6.45) is 2.30. The summed E-state index contributed by atoms with van der Waals surface area (Å²) < 4.78 is 25.8. The molecule has 21 heavy (non-hydrogen) atoms. The molecule has 118 valence electrons. The highest BCUT2D eigenvalue weighted by Crippen LogP contribution is 2.33. The molecule has 2 unspecified atom stereocenters. The van der Waals surface area contributed by atoms with E-state index in [0.29, 0.717) is 22.5 Å². The molecule has 0 aromatic heterocycles. The van der Waals surface area contributed by atoms with Gasteiger partial charge in [-0.05, 0) is 43.9 Å². The Morgan fingerprint density at radius 2 is 1.90 bits per heavy atom. The van der Waals surface area contributed by atoms with Gasteiger partial charge < -0.3 is 10.6 Å². The van der Waals surface area contributed by atoms with E-state index in [4.69, 9.17) is 5.73 Å². The van der Waals surface area contributed by atoms with E-state index < -0.39 is 10.0 Å². The largest absolute Gasteiger partial charge is 0.397 e.